The third-order valence-electron chi connectivity index (χ3n) is 2.77. The lowest BCUT2D eigenvalue weighted by Crippen LogP contribution is -2.53. The predicted octanol–water partition coefficient (Wildman–Crippen LogP) is 0.527. The average molecular weight is 214 g/mol. The number of unbranched alkanes of at least 4 members (excludes halogenated alkanes) is 1. The van der Waals surface area contributed by atoms with Gasteiger partial charge in [0.05, 0.1) is 18.6 Å². The van der Waals surface area contributed by atoms with E-state index in [1.54, 1.807) is 7.11 Å². The molecular formula is C11H22N2O2. The number of ether oxygens (including phenoxy) is 1. The third kappa shape index (κ3) is 4.18. The summed E-state index contributed by atoms with van der Waals surface area (Å²) in [6.07, 6.45) is 3.30. The van der Waals surface area contributed by atoms with Gasteiger partial charge in [0.2, 0.25) is 5.91 Å². The Morgan fingerprint density at radius 3 is 2.80 bits per heavy atom. The summed E-state index contributed by atoms with van der Waals surface area (Å²) < 4.78 is 5.10. The van der Waals surface area contributed by atoms with Crippen LogP contribution in [0.1, 0.15) is 26.2 Å². The third-order valence-corrected chi connectivity index (χ3v) is 2.77. The van der Waals surface area contributed by atoms with Crippen LogP contribution in [0.25, 0.3) is 0 Å². The molecule has 4 nitrogen and oxygen atoms in total. The van der Waals surface area contributed by atoms with Crippen LogP contribution in [0.3, 0.4) is 0 Å². The van der Waals surface area contributed by atoms with Crippen LogP contribution in [-0.4, -0.2) is 38.8 Å². The lowest BCUT2D eigenvalue weighted by Gasteiger charge is -2.28. The van der Waals surface area contributed by atoms with Gasteiger partial charge >= 0.3 is 0 Å². The van der Waals surface area contributed by atoms with Crippen molar-refractivity contribution in [1.29, 1.82) is 0 Å². The molecule has 0 bridgehead atoms. The van der Waals surface area contributed by atoms with Crippen molar-refractivity contribution in [2.75, 3.05) is 26.8 Å². The molecule has 0 spiro atoms. The van der Waals surface area contributed by atoms with Crippen molar-refractivity contribution in [3.63, 3.8) is 0 Å². The van der Waals surface area contributed by atoms with Crippen molar-refractivity contribution < 1.29 is 9.53 Å². The van der Waals surface area contributed by atoms with Gasteiger partial charge in [-0.05, 0) is 6.42 Å². The fraction of sp³-hybridized carbons (Fsp3) is 0.909. The molecule has 1 amide bonds. The number of amides is 1. The highest BCUT2D eigenvalue weighted by atomic mass is 16.5. The van der Waals surface area contributed by atoms with Crippen molar-refractivity contribution in [2.24, 2.45) is 5.92 Å². The van der Waals surface area contributed by atoms with Crippen LogP contribution < -0.4 is 10.6 Å². The standard InChI is InChI=1S/C11H22N2O2/c1-3-4-5-10(8-15-2)13-11(14)9-6-12-7-9/h9-10,12H,3-8H2,1-2H3,(H,13,14). The van der Waals surface area contributed by atoms with Gasteiger partial charge in [0.15, 0.2) is 0 Å². The monoisotopic (exact) mass is 214 g/mol. The van der Waals surface area contributed by atoms with E-state index in [1.165, 1.54) is 0 Å². The average Bonchev–Trinajstić information content (AvgIpc) is 2.11. The maximum atomic E-state index is 11.7. The molecule has 4 heteroatoms. The summed E-state index contributed by atoms with van der Waals surface area (Å²) in [5, 5.41) is 6.15. The molecule has 1 saturated heterocycles. The molecule has 2 N–H and O–H groups in total. The number of rotatable bonds is 7. The minimum Gasteiger partial charge on any atom is -0.383 e. The Balaban J connectivity index is 2.24. The second-order valence-corrected chi connectivity index (χ2v) is 4.16. The van der Waals surface area contributed by atoms with Crippen LogP contribution >= 0.6 is 0 Å². The van der Waals surface area contributed by atoms with E-state index in [-0.39, 0.29) is 17.9 Å². The highest BCUT2D eigenvalue weighted by molar-refractivity contribution is 5.80. The molecule has 0 radical (unpaired) electrons. The van der Waals surface area contributed by atoms with Gasteiger partial charge in [0.25, 0.3) is 0 Å². The lowest BCUT2D eigenvalue weighted by molar-refractivity contribution is -0.127. The molecule has 1 fully saturated rings. The summed E-state index contributed by atoms with van der Waals surface area (Å²) in [6.45, 7) is 4.41. The fourth-order valence-corrected chi connectivity index (χ4v) is 1.64. The molecule has 0 aromatic heterocycles. The summed E-state index contributed by atoms with van der Waals surface area (Å²) in [7, 11) is 1.68. The minimum atomic E-state index is 0.172. The number of carbonyl (C=O) groups excluding carboxylic acids is 1. The Bertz CT molecular complexity index is 193. The molecular weight excluding hydrogens is 192 g/mol. The van der Waals surface area contributed by atoms with Crippen LogP contribution in [0.2, 0.25) is 0 Å². The van der Waals surface area contributed by atoms with E-state index in [2.05, 4.69) is 17.6 Å². The molecule has 1 aliphatic heterocycles. The molecule has 1 aliphatic rings. The van der Waals surface area contributed by atoms with Gasteiger partial charge in [-0.2, -0.15) is 0 Å². The van der Waals surface area contributed by atoms with E-state index in [1.807, 2.05) is 0 Å². The van der Waals surface area contributed by atoms with Gasteiger partial charge in [-0.25, -0.2) is 0 Å². The number of hydrogen-bond donors (Lipinski definition) is 2. The Hall–Kier alpha value is -0.610. The van der Waals surface area contributed by atoms with Crippen molar-refractivity contribution in [3.8, 4) is 0 Å². The molecule has 0 saturated carbocycles. The van der Waals surface area contributed by atoms with E-state index in [0.717, 1.165) is 32.4 Å². The maximum absolute atomic E-state index is 11.7. The van der Waals surface area contributed by atoms with Crippen molar-refractivity contribution in [1.82, 2.24) is 10.6 Å². The van der Waals surface area contributed by atoms with Gasteiger partial charge in [-0.3, -0.25) is 4.79 Å². The molecule has 1 atom stereocenters. The number of hydrogen-bond acceptors (Lipinski definition) is 3. The first-order chi connectivity index (χ1) is 7.27. The summed E-state index contributed by atoms with van der Waals surface area (Å²) >= 11 is 0. The Morgan fingerprint density at radius 2 is 2.33 bits per heavy atom. The molecule has 15 heavy (non-hydrogen) atoms. The van der Waals surface area contributed by atoms with E-state index in [9.17, 15) is 4.79 Å². The summed E-state index contributed by atoms with van der Waals surface area (Å²) in [4.78, 5) is 11.7. The molecule has 88 valence electrons. The van der Waals surface area contributed by atoms with Crippen LogP contribution in [0.5, 0.6) is 0 Å². The SMILES string of the molecule is CCCCC(COC)NC(=O)C1CNC1. The normalized spacial score (nSPS) is 18.3. The number of nitrogens with one attached hydrogen (secondary N) is 2. The summed E-state index contributed by atoms with van der Waals surface area (Å²) in [5.41, 5.74) is 0. The topological polar surface area (TPSA) is 50.4 Å². The maximum Gasteiger partial charge on any atom is 0.225 e. The van der Waals surface area contributed by atoms with E-state index >= 15 is 0 Å². The van der Waals surface area contributed by atoms with Crippen LogP contribution in [0.15, 0.2) is 0 Å². The van der Waals surface area contributed by atoms with Gasteiger partial charge in [0.1, 0.15) is 0 Å². The second-order valence-electron chi connectivity index (χ2n) is 4.16. The first-order valence-electron chi connectivity index (χ1n) is 5.78. The number of carbonyl (C=O) groups is 1. The largest absolute Gasteiger partial charge is 0.383 e. The van der Waals surface area contributed by atoms with Gasteiger partial charge in [-0.15, -0.1) is 0 Å². The van der Waals surface area contributed by atoms with E-state index in [4.69, 9.17) is 4.74 Å². The zero-order valence-corrected chi connectivity index (χ0v) is 9.71. The molecule has 0 aromatic carbocycles. The van der Waals surface area contributed by atoms with E-state index in [0.29, 0.717) is 6.61 Å². The minimum absolute atomic E-state index is 0.172. The lowest BCUT2D eigenvalue weighted by atomic mass is 10.0. The van der Waals surface area contributed by atoms with E-state index < -0.39 is 0 Å². The van der Waals surface area contributed by atoms with Crippen LogP contribution in [0, 0.1) is 5.92 Å². The fourth-order valence-electron chi connectivity index (χ4n) is 1.64. The highest BCUT2D eigenvalue weighted by Crippen LogP contribution is 2.06. The van der Waals surface area contributed by atoms with Crippen molar-refractivity contribution >= 4 is 5.91 Å². The second kappa shape index (κ2) is 6.80. The summed E-state index contributed by atoms with van der Waals surface area (Å²) in [5.74, 6) is 0.345. The molecule has 0 aromatic rings. The van der Waals surface area contributed by atoms with Crippen molar-refractivity contribution in [3.05, 3.63) is 0 Å². The Labute approximate surface area is 91.8 Å². The van der Waals surface area contributed by atoms with Crippen LogP contribution in [-0.2, 0) is 9.53 Å². The Morgan fingerprint density at radius 1 is 1.60 bits per heavy atom. The molecule has 1 rings (SSSR count). The first-order valence-corrected chi connectivity index (χ1v) is 5.78. The van der Waals surface area contributed by atoms with Gasteiger partial charge < -0.3 is 15.4 Å². The van der Waals surface area contributed by atoms with Crippen LogP contribution in [0.4, 0.5) is 0 Å². The zero-order chi connectivity index (χ0) is 11.1. The first kappa shape index (κ1) is 12.5. The smallest absolute Gasteiger partial charge is 0.225 e. The molecule has 0 aliphatic carbocycles. The number of methoxy groups -OCH3 is 1. The predicted molar refractivity (Wildman–Crippen MR) is 59.7 cm³/mol. The van der Waals surface area contributed by atoms with Gasteiger partial charge in [-0.1, -0.05) is 19.8 Å². The quantitative estimate of drug-likeness (QED) is 0.650. The highest BCUT2D eigenvalue weighted by Gasteiger charge is 2.26. The Kier molecular flexibility index (Phi) is 5.65. The van der Waals surface area contributed by atoms with Gasteiger partial charge in [0, 0.05) is 20.2 Å². The van der Waals surface area contributed by atoms with Crippen molar-refractivity contribution in [2.45, 2.75) is 32.2 Å². The zero-order valence-electron chi connectivity index (χ0n) is 9.71. The molecule has 1 unspecified atom stereocenters. The molecule has 1 heterocycles. The summed E-state index contributed by atoms with van der Waals surface area (Å²) in [6, 6.07) is 0.183.